The molecule has 1 amide bonds. The first-order valence-electron chi connectivity index (χ1n) is 9.66. The third-order valence-electron chi connectivity index (χ3n) is 4.38. The van der Waals surface area contributed by atoms with Crippen LogP contribution in [0.2, 0.25) is 0 Å². The van der Waals surface area contributed by atoms with Crippen LogP contribution in [0.4, 0.5) is 5.69 Å². The number of nitrogens with one attached hydrogen (secondary N) is 1. The first-order valence-corrected chi connectivity index (χ1v) is 10.5. The highest BCUT2D eigenvalue weighted by atomic mass is 79.9. The van der Waals surface area contributed by atoms with Crippen LogP contribution in [-0.4, -0.2) is 41.1 Å². The van der Waals surface area contributed by atoms with Crippen LogP contribution in [0.3, 0.4) is 0 Å². The molecule has 0 unspecified atom stereocenters. The molecule has 0 aliphatic rings. The molecule has 0 saturated carbocycles. The number of carbonyl (C=O) groups excluding carboxylic acids is 3. The zero-order valence-corrected chi connectivity index (χ0v) is 18.6. The van der Waals surface area contributed by atoms with E-state index in [0.717, 1.165) is 4.47 Å². The summed E-state index contributed by atoms with van der Waals surface area (Å²) in [5.41, 5.74) is 0.491. The molecule has 3 aromatic carbocycles. The largest absolute Gasteiger partial charge is 0.478 e. The number of aliphatic carboxylic acids is 1. The molecule has 0 saturated heterocycles. The maximum Gasteiger partial charge on any atom is 0.349 e. The summed E-state index contributed by atoms with van der Waals surface area (Å²) in [4.78, 5) is 50.0. The van der Waals surface area contributed by atoms with Gasteiger partial charge in [0.2, 0.25) is 12.2 Å². The molecule has 2 N–H and O–H groups in total. The van der Waals surface area contributed by atoms with E-state index in [1.54, 1.807) is 60.7 Å². The van der Waals surface area contributed by atoms with Crippen molar-refractivity contribution < 1.29 is 33.8 Å². The number of carboxylic acid groups (broad SMARTS) is 1. The van der Waals surface area contributed by atoms with Crippen LogP contribution < -0.4 is 5.32 Å². The summed E-state index contributed by atoms with van der Waals surface area (Å²) in [5.74, 6) is -4.57. The van der Waals surface area contributed by atoms with E-state index >= 15 is 0 Å². The Morgan fingerprint density at radius 1 is 0.697 bits per heavy atom. The summed E-state index contributed by atoms with van der Waals surface area (Å²) >= 11 is 3.27. The topological polar surface area (TPSA) is 119 Å². The normalized spacial score (nSPS) is 12.2. The molecule has 9 heteroatoms. The molecular weight excluding hydrogens is 494 g/mol. The van der Waals surface area contributed by atoms with Crippen LogP contribution in [0, 0.1) is 0 Å². The first kappa shape index (κ1) is 23.7. The molecule has 8 nitrogen and oxygen atoms in total. The van der Waals surface area contributed by atoms with E-state index < -0.39 is 36.0 Å². The molecule has 3 rings (SSSR count). The van der Waals surface area contributed by atoms with Crippen molar-refractivity contribution in [3.8, 4) is 0 Å². The van der Waals surface area contributed by atoms with E-state index in [1.165, 1.54) is 24.3 Å². The third-order valence-corrected chi connectivity index (χ3v) is 4.90. The number of hydrogen-bond acceptors (Lipinski definition) is 6. The Labute approximate surface area is 197 Å². The zero-order valence-electron chi connectivity index (χ0n) is 17.0. The lowest BCUT2D eigenvalue weighted by molar-refractivity contribution is -0.157. The molecule has 168 valence electrons. The lowest BCUT2D eigenvalue weighted by Crippen LogP contribution is -2.48. The zero-order chi connectivity index (χ0) is 23.8. The quantitative estimate of drug-likeness (QED) is 0.439. The van der Waals surface area contributed by atoms with Gasteiger partial charge in [0, 0.05) is 10.2 Å². The van der Waals surface area contributed by atoms with E-state index in [9.17, 15) is 24.3 Å². The fourth-order valence-corrected chi connectivity index (χ4v) is 3.02. The van der Waals surface area contributed by atoms with Crippen LogP contribution in [0.5, 0.6) is 0 Å². The summed E-state index contributed by atoms with van der Waals surface area (Å²) in [5, 5.41) is 12.2. The number of anilines is 1. The van der Waals surface area contributed by atoms with Crippen molar-refractivity contribution >= 4 is 45.4 Å². The summed E-state index contributed by atoms with van der Waals surface area (Å²) in [6, 6.07) is 21.8. The van der Waals surface area contributed by atoms with Gasteiger partial charge in [-0.15, -0.1) is 0 Å². The van der Waals surface area contributed by atoms with Crippen LogP contribution in [-0.2, 0) is 19.1 Å². The van der Waals surface area contributed by atoms with E-state index in [0.29, 0.717) is 5.69 Å². The minimum atomic E-state index is -2.10. The second-order valence-electron chi connectivity index (χ2n) is 6.72. The van der Waals surface area contributed by atoms with Gasteiger partial charge >= 0.3 is 17.9 Å². The average molecular weight is 512 g/mol. The van der Waals surface area contributed by atoms with E-state index in [-0.39, 0.29) is 11.1 Å². The second-order valence-corrected chi connectivity index (χ2v) is 7.63. The number of ether oxygens (including phenoxy) is 2. The summed E-state index contributed by atoms with van der Waals surface area (Å²) in [7, 11) is 0. The number of rotatable bonds is 8. The molecule has 33 heavy (non-hydrogen) atoms. The number of carboxylic acids is 1. The molecule has 0 spiro atoms. The fraction of sp³-hybridized carbons (Fsp3) is 0.0833. The second kappa shape index (κ2) is 11.1. The highest BCUT2D eigenvalue weighted by Crippen LogP contribution is 2.18. The van der Waals surface area contributed by atoms with E-state index in [2.05, 4.69) is 21.2 Å². The van der Waals surface area contributed by atoms with Gasteiger partial charge in [-0.2, -0.15) is 0 Å². The van der Waals surface area contributed by atoms with E-state index in [4.69, 9.17) is 9.47 Å². The van der Waals surface area contributed by atoms with Crippen molar-refractivity contribution in [2.75, 3.05) is 5.32 Å². The lowest BCUT2D eigenvalue weighted by Gasteiger charge is -2.23. The Hall–Kier alpha value is -3.98. The fourth-order valence-electron chi connectivity index (χ4n) is 2.76. The Morgan fingerprint density at radius 2 is 1.15 bits per heavy atom. The molecule has 0 fully saturated rings. The van der Waals surface area contributed by atoms with Gasteiger partial charge in [0.1, 0.15) is 0 Å². The highest BCUT2D eigenvalue weighted by molar-refractivity contribution is 9.10. The lowest BCUT2D eigenvalue weighted by atomic mass is 10.1. The molecule has 0 heterocycles. The Balaban J connectivity index is 1.89. The standard InChI is InChI=1S/C24H18BrNO7/c25-17-11-13-18(14-12-17)26-21(27)19(32-23(30)15-7-3-1-4-8-15)20(22(28)29)33-24(31)16-9-5-2-6-10-16/h1-14,19-20H,(H,26,27)(H,28,29)/t19-,20+/m1/s1. The SMILES string of the molecule is O=C(O[C@H](C(=O)O)[C@@H](OC(=O)c1ccccc1)C(=O)Nc1ccc(Br)cc1)c1ccccc1. The Morgan fingerprint density at radius 3 is 1.61 bits per heavy atom. The van der Waals surface area contributed by atoms with Gasteiger partial charge in [0.05, 0.1) is 11.1 Å². The molecule has 3 aromatic rings. The molecule has 0 aromatic heterocycles. The van der Waals surface area contributed by atoms with Crippen LogP contribution in [0.15, 0.2) is 89.4 Å². The van der Waals surface area contributed by atoms with Crippen LogP contribution in [0.25, 0.3) is 0 Å². The van der Waals surface area contributed by atoms with Crippen molar-refractivity contribution in [3.05, 3.63) is 101 Å². The number of carbonyl (C=O) groups is 4. The van der Waals surface area contributed by atoms with E-state index in [1.807, 2.05) is 0 Å². The van der Waals surface area contributed by atoms with Crippen LogP contribution in [0.1, 0.15) is 20.7 Å². The van der Waals surface area contributed by atoms with Gasteiger partial charge in [0.25, 0.3) is 5.91 Å². The first-order chi connectivity index (χ1) is 15.8. The highest BCUT2D eigenvalue weighted by Gasteiger charge is 2.41. The molecule has 0 aliphatic carbocycles. The minimum absolute atomic E-state index is 0.0743. The predicted octanol–water partition coefficient (Wildman–Crippen LogP) is 3.92. The number of hydrogen-bond donors (Lipinski definition) is 2. The number of halogens is 1. The number of benzene rings is 3. The minimum Gasteiger partial charge on any atom is -0.478 e. The molecule has 0 aliphatic heterocycles. The van der Waals surface area contributed by atoms with Crippen molar-refractivity contribution in [2.24, 2.45) is 0 Å². The summed E-state index contributed by atoms with van der Waals surface area (Å²) in [6.45, 7) is 0. The Kier molecular flexibility index (Phi) is 7.93. The van der Waals surface area contributed by atoms with Gasteiger partial charge in [0.15, 0.2) is 0 Å². The van der Waals surface area contributed by atoms with Crippen molar-refractivity contribution in [2.45, 2.75) is 12.2 Å². The third kappa shape index (κ3) is 6.50. The van der Waals surface area contributed by atoms with Crippen molar-refractivity contribution in [1.29, 1.82) is 0 Å². The van der Waals surface area contributed by atoms with Gasteiger partial charge in [-0.1, -0.05) is 52.3 Å². The average Bonchev–Trinajstić information content (AvgIpc) is 2.83. The maximum atomic E-state index is 13.0. The molecule has 0 radical (unpaired) electrons. The maximum absolute atomic E-state index is 13.0. The van der Waals surface area contributed by atoms with Gasteiger partial charge in [-0.3, -0.25) is 4.79 Å². The van der Waals surface area contributed by atoms with Gasteiger partial charge < -0.3 is 19.9 Å². The smallest absolute Gasteiger partial charge is 0.349 e. The summed E-state index contributed by atoms with van der Waals surface area (Å²) in [6.07, 6.45) is -4.06. The van der Waals surface area contributed by atoms with Gasteiger partial charge in [-0.25, -0.2) is 14.4 Å². The van der Waals surface area contributed by atoms with Crippen molar-refractivity contribution in [3.63, 3.8) is 0 Å². The molecule has 0 bridgehead atoms. The van der Waals surface area contributed by atoms with Gasteiger partial charge in [-0.05, 0) is 48.5 Å². The number of amides is 1. The Bertz CT molecular complexity index is 1130. The van der Waals surface area contributed by atoms with Crippen molar-refractivity contribution in [1.82, 2.24) is 0 Å². The van der Waals surface area contributed by atoms with Crippen LogP contribution >= 0.6 is 15.9 Å². The summed E-state index contributed by atoms with van der Waals surface area (Å²) < 4.78 is 11.1. The number of esters is 2. The monoisotopic (exact) mass is 511 g/mol. The predicted molar refractivity (Wildman–Crippen MR) is 122 cm³/mol. The molecule has 2 atom stereocenters. The molecular formula is C24H18BrNO7.